The van der Waals surface area contributed by atoms with Crippen molar-refractivity contribution in [2.75, 3.05) is 13.7 Å². The van der Waals surface area contributed by atoms with Crippen molar-refractivity contribution in [3.8, 4) is 11.5 Å². The Kier molecular flexibility index (Phi) is 11.0. The number of benzene rings is 3. The average molecular weight is 722 g/mol. The molecule has 248 valence electrons. The van der Waals surface area contributed by atoms with Crippen molar-refractivity contribution in [3.05, 3.63) is 117 Å². The predicted molar refractivity (Wildman–Crippen MR) is 179 cm³/mol. The van der Waals surface area contributed by atoms with Gasteiger partial charge in [0.25, 0.3) is 0 Å². The van der Waals surface area contributed by atoms with Crippen molar-refractivity contribution in [1.29, 1.82) is 0 Å². The van der Waals surface area contributed by atoms with Crippen LogP contribution in [0, 0.1) is 10.6 Å². The van der Waals surface area contributed by atoms with Gasteiger partial charge in [0.05, 0.1) is 29.6 Å². The molecule has 2 aromatic heterocycles. The highest BCUT2D eigenvalue weighted by Gasteiger charge is 2.58. The topological polar surface area (TPSA) is 123 Å². The minimum atomic E-state index is -1.39. The second-order valence-electron chi connectivity index (χ2n) is 11.3. The molecule has 1 aliphatic rings. The van der Waals surface area contributed by atoms with Gasteiger partial charge in [-0.2, -0.15) is 5.10 Å². The Hall–Kier alpha value is -3.36. The smallest absolute Gasteiger partial charge is 0.215 e. The van der Waals surface area contributed by atoms with E-state index >= 15 is 0 Å². The summed E-state index contributed by atoms with van der Waals surface area (Å²) < 4.78 is 27.3. The second kappa shape index (κ2) is 14.8. The van der Waals surface area contributed by atoms with Gasteiger partial charge in [-0.1, -0.05) is 47.5 Å². The average Bonchev–Trinajstić information content (AvgIpc) is 3.38. The first-order chi connectivity index (χ1) is 22.4. The van der Waals surface area contributed by atoms with Crippen LogP contribution in [0.5, 0.6) is 11.5 Å². The van der Waals surface area contributed by atoms with Crippen LogP contribution in [0.2, 0.25) is 10.0 Å². The van der Waals surface area contributed by atoms with Crippen molar-refractivity contribution in [1.82, 2.24) is 29.5 Å². The van der Waals surface area contributed by atoms with E-state index in [1.165, 1.54) is 55.0 Å². The summed E-state index contributed by atoms with van der Waals surface area (Å²) in [7, 11) is 1.49. The quantitative estimate of drug-likeness (QED) is 0.0957. The molecule has 15 heteroatoms. The monoisotopic (exact) mass is 720 g/mol. The van der Waals surface area contributed by atoms with Gasteiger partial charge in [-0.25, -0.2) is 19.0 Å². The number of aliphatic hydroxyl groups is 2. The van der Waals surface area contributed by atoms with Gasteiger partial charge < -0.3 is 19.7 Å². The van der Waals surface area contributed by atoms with Gasteiger partial charge >= 0.3 is 0 Å². The molecule has 0 aliphatic heterocycles. The van der Waals surface area contributed by atoms with E-state index in [4.69, 9.17) is 56.5 Å². The lowest BCUT2D eigenvalue weighted by atomic mass is 9.89. The third-order valence-corrected chi connectivity index (χ3v) is 9.50. The van der Waals surface area contributed by atoms with Crippen LogP contribution in [0.25, 0.3) is 0 Å². The molecule has 0 spiro atoms. The number of nitrogens with one attached hydrogen (secondary N) is 1. The number of halogens is 4. The van der Waals surface area contributed by atoms with Gasteiger partial charge in [-0.3, -0.25) is 9.78 Å². The van der Waals surface area contributed by atoms with Crippen molar-refractivity contribution in [2.45, 2.75) is 48.4 Å². The minimum Gasteiger partial charge on any atom is -0.457 e. The molecule has 3 aromatic carbocycles. The molecule has 6 rings (SSSR count). The van der Waals surface area contributed by atoms with E-state index < -0.39 is 16.1 Å². The normalized spacial score (nSPS) is 16.0. The molecule has 3 N–H and O–H groups in total. The van der Waals surface area contributed by atoms with E-state index in [0.29, 0.717) is 38.3 Å². The Labute approximate surface area is 290 Å². The number of methoxy groups -OCH3 is 1. The van der Waals surface area contributed by atoms with Crippen LogP contribution in [-0.4, -0.2) is 63.9 Å². The molecular weight excluding hydrogens is 690 g/mol. The summed E-state index contributed by atoms with van der Waals surface area (Å²) in [6.45, 7) is 0.407. The lowest BCUT2D eigenvalue weighted by Crippen LogP contribution is -2.47. The molecule has 10 nitrogen and oxygen atoms in total. The van der Waals surface area contributed by atoms with Crippen LogP contribution < -0.4 is 4.74 Å². The van der Waals surface area contributed by atoms with E-state index in [-0.39, 0.29) is 25.5 Å². The van der Waals surface area contributed by atoms with E-state index in [2.05, 4.69) is 20.2 Å². The fourth-order valence-electron chi connectivity index (χ4n) is 5.15. The van der Waals surface area contributed by atoms with Crippen molar-refractivity contribution >= 4 is 47.0 Å². The molecule has 1 saturated carbocycles. The van der Waals surface area contributed by atoms with Crippen LogP contribution in [-0.2, 0) is 29.8 Å². The highest BCUT2D eigenvalue weighted by atomic mass is 35.5. The zero-order valence-corrected chi connectivity index (χ0v) is 28.3. The lowest BCUT2D eigenvalue weighted by Gasteiger charge is -2.33. The molecule has 1 fully saturated rings. The second-order valence-corrected chi connectivity index (χ2v) is 13.2. The lowest BCUT2D eigenvalue weighted by molar-refractivity contribution is -0.0505. The van der Waals surface area contributed by atoms with E-state index in [1.54, 1.807) is 22.9 Å². The standard InChI is InChI=1S/C18H17ClFN3O3.C14H15Cl2N3OS/c1-25-10-18(24,9-23-12-21-11-22-23)16-7-6-15(8-17(16)19)26-14-4-2-13(20)3-5-14;15-11-4-2-1-3-10(11)7-14(20,13(16)5-6-13)8-19-12(21)17-9-18-19/h2-8,11-12,24H,9-10H2,1H3;1-4,9,20H,5-8H2,(H,17,18,21). The first-order valence-electron chi connectivity index (χ1n) is 14.5. The van der Waals surface area contributed by atoms with Crippen LogP contribution in [0.4, 0.5) is 4.39 Å². The van der Waals surface area contributed by atoms with E-state index in [9.17, 15) is 14.6 Å². The van der Waals surface area contributed by atoms with Crippen LogP contribution in [0.15, 0.2) is 85.7 Å². The Morgan fingerprint density at radius 3 is 2.34 bits per heavy atom. The van der Waals surface area contributed by atoms with Crippen molar-refractivity contribution < 1.29 is 24.1 Å². The van der Waals surface area contributed by atoms with E-state index in [1.807, 2.05) is 24.3 Å². The molecular formula is C32H32Cl3FN6O4S. The summed E-state index contributed by atoms with van der Waals surface area (Å²) in [5, 5.41) is 30.1. The number of alkyl halides is 1. The first-order valence-corrected chi connectivity index (χ1v) is 16.0. The Morgan fingerprint density at radius 2 is 1.74 bits per heavy atom. The Morgan fingerprint density at radius 1 is 1.02 bits per heavy atom. The minimum absolute atomic E-state index is 0.0186. The molecule has 0 amide bonds. The van der Waals surface area contributed by atoms with Crippen molar-refractivity contribution in [3.63, 3.8) is 0 Å². The molecule has 2 unspecified atom stereocenters. The fraction of sp³-hybridized carbons (Fsp3) is 0.312. The maximum absolute atomic E-state index is 13.0. The van der Waals surface area contributed by atoms with Crippen molar-refractivity contribution in [2.24, 2.45) is 0 Å². The number of rotatable bonds is 12. The molecule has 1 aliphatic carbocycles. The number of H-pyrrole nitrogens is 1. The van der Waals surface area contributed by atoms with Gasteiger partial charge in [0.15, 0.2) is 0 Å². The number of hydrogen-bond donors (Lipinski definition) is 3. The zero-order chi connectivity index (χ0) is 33.7. The summed E-state index contributed by atoms with van der Waals surface area (Å²) in [5.74, 6) is 0.597. The fourth-order valence-corrected chi connectivity index (χ4v) is 6.09. The van der Waals surface area contributed by atoms with Gasteiger partial charge in [-0.15, -0.1) is 11.6 Å². The van der Waals surface area contributed by atoms with E-state index in [0.717, 1.165) is 18.4 Å². The van der Waals surface area contributed by atoms with Gasteiger partial charge in [-0.05, 0) is 73.1 Å². The Bertz CT molecular complexity index is 1840. The molecule has 0 bridgehead atoms. The summed E-state index contributed by atoms with van der Waals surface area (Å²) in [6.07, 6.45) is 6.31. The molecule has 0 saturated heterocycles. The SMILES string of the molecule is COCC(O)(Cn1cncn1)c1ccc(Oc2ccc(F)cc2)cc1Cl.OC(Cc1ccccc1Cl)(Cn1[nH]cnc1=S)C1(Cl)CC1. The number of aromatic amines is 1. The summed E-state index contributed by atoms with van der Waals surface area (Å²) >= 11 is 24.3. The van der Waals surface area contributed by atoms with Crippen LogP contribution >= 0.6 is 47.0 Å². The molecule has 47 heavy (non-hydrogen) atoms. The molecule has 2 atom stereocenters. The maximum atomic E-state index is 13.0. The molecule has 2 heterocycles. The molecule has 0 radical (unpaired) electrons. The Balaban J connectivity index is 0.000000189. The molecule has 5 aromatic rings. The number of hydrogen-bond acceptors (Lipinski definition) is 8. The number of nitrogens with zero attached hydrogens (tertiary/aromatic N) is 5. The number of aromatic nitrogens is 6. The van der Waals surface area contributed by atoms with Gasteiger partial charge in [0, 0.05) is 24.1 Å². The van der Waals surface area contributed by atoms with Crippen LogP contribution in [0.1, 0.15) is 24.0 Å². The maximum Gasteiger partial charge on any atom is 0.215 e. The van der Waals surface area contributed by atoms with Gasteiger partial charge in [0.1, 0.15) is 47.5 Å². The predicted octanol–water partition coefficient (Wildman–Crippen LogP) is 6.74. The largest absolute Gasteiger partial charge is 0.457 e. The summed E-state index contributed by atoms with van der Waals surface area (Å²) in [5.41, 5.74) is -1.18. The number of ether oxygens (including phenoxy) is 2. The highest BCUT2D eigenvalue weighted by molar-refractivity contribution is 7.71. The highest BCUT2D eigenvalue weighted by Crippen LogP contribution is 2.53. The zero-order valence-electron chi connectivity index (χ0n) is 25.2. The third kappa shape index (κ3) is 8.57. The van der Waals surface area contributed by atoms with Crippen LogP contribution in [0.3, 0.4) is 0 Å². The first kappa shape index (κ1) is 35.0. The summed E-state index contributed by atoms with van der Waals surface area (Å²) in [4.78, 5) is 7.21. The van der Waals surface area contributed by atoms with Gasteiger partial charge in [0.2, 0.25) is 4.77 Å². The summed E-state index contributed by atoms with van der Waals surface area (Å²) in [6, 6.07) is 18.1. The third-order valence-electron chi connectivity index (χ3n) is 7.77.